The highest BCUT2D eigenvalue weighted by molar-refractivity contribution is 5.90. The highest BCUT2D eigenvalue weighted by Crippen LogP contribution is 2.37. The van der Waals surface area contributed by atoms with Gasteiger partial charge in [0, 0.05) is 62.4 Å². The van der Waals surface area contributed by atoms with E-state index in [0.717, 1.165) is 37.1 Å². The van der Waals surface area contributed by atoms with Crippen LogP contribution in [0.15, 0.2) is 24.3 Å². The van der Waals surface area contributed by atoms with E-state index in [2.05, 4.69) is 27.4 Å². The van der Waals surface area contributed by atoms with Gasteiger partial charge in [-0.3, -0.25) is 0 Å². The SMILES string of the molecule is CC[C@@H]1CCN(C(=O)Nc2ccc(C)c(-c3cc(N[C@H]4CCC(F)(F)C4)nc(N4CCOCC4)n3)c2)C1. The van der Waals surface area contributed by atoms with Crippen molar-refractivity contribution in [3.05, 3.63) is 29.8 Å². The minimum absolute atomic E-state index is 0.0908. The van der Waals surface area contributed by atoms with E-state index in [1.165, 1.54) is 0 Å². The second kappa shape index (κ2) is 10.8. The molecule has 5 rings (SSSR count). The Kier molecular flexibility index (Phi) is 7.46. The summed E-state index contributed by atoms with van der Waals surface area (Å²) in [6.45, 7) is 8.20. The molecule has 2 atom stereocenters. The summed E-state index contributed by atoms with van der Waals surface area (Å²) >= 11 is 0. The average molecular weight is 515 g/mol. The van der Waals surface area contributed by atoms with Gasteiger partial charge in [0.25, 0.3) is 0 Å². The second-order valence-electron chi connectivity index (χ2n) is 10.4. The third-order valence-corrected chi connectivity index (χ3v) is 7.68. The number of ether oxygens (including phenoxy) is 1. The lowest BCUT2D eigenvalue weighted by molar-refractivity contribution is 0.00851. The van der Waals surface area contributed by atoms with Gasteiger partial charge < -0.3 is 25.2 Å². The zero-order valence-electron chi connectivity index (χ0n) is 21.6. The third-order valence-electron chi connectivity index (χ3n) is 7.68. The van der Waals surface area contributed by atoms with Crippen molar-refractivity contribution in [3.63, 3.8) is 0 Å². The van der Waals surface area contributed by atoms with Gasteiger partial charge in [-0.2, -0.15) is 4.98 Å². The number of halogens is 2. The van der Waals surface area contributed by atoms with Gasteiger partial charge in [0.2, 0.25) is 11.9 Å². The fraction of sp³-hybridized carbons (Fsp3) is 0.593. The molecule has 2 N–H and O–H groups in total. The molecule has 1 saturated carbocycles. The molecule has 2 saturated heterocycles. The van der Waals surface area contributed by atoms with E-state index in [0.29, 0.717) is 61.8 Å². The number of aryl methyl sites for hydroxylation is 1. The number of alkyl halides is 2. The Balaban J connectivity index is 1.41. The van der Waals surface area contributed by atoms with Crippen LogP contribution in [0.3, 0.4) is 0 Å². The molecule has 0 bridgehead atoms. The molecule has 0 spiro atoms. The molecule has 0 unspecified atom stereocenters. The van der Waals surface area contributed by atoms with Crippen molar-refractivity contribution in [1.82, 2.24) is 14.9 Å². The summed E-state index contributed by atoms with van der Waals surface area (Å²) in [4.78, 5) is 26.3. The van der Waals surface area contributed by atoms with Gasteiger partial charge in [-0.15, -0.1) is 0 Å². The molecule has 2 amide bonds. The number of hydrogen-bond donors (Lipinski definition) is 2. The fourth-order valence-electron chi connectivity index (χ4n) is 5.36. The van der Waals surface area contributed by atoms with Crippen LogP contribution in [0.4, 0.5) is 31.0 Å². The van der Waals surface area contributed by atoms with Crippen LogP contribution in [0.2, 0.25) is 0 Å². The van der Waals surface area contributed by atoms with Crippen LogP contribution in [0.25, 0.3) is 11.3 Å². The second-order valence-corrected chi connectivity index (χ2v) is 10.4. The Hall–Kier alpha value is -3.01. The molecule has 3 heterocycles. The number of hydrogen-bond acceptors (Lipinski definition) is 6. The number of rotatable bonds is 6. The molecule has 3 aliphatic rings. The molecule has 1 aromatic heterocycles. The summed E-state index contributed by atoms with van der Waals surface area (Å²) in [6.07, 6.45) is 2.20. The standard InChI is InChI=1S/C27H36F2N6O2/c1-3-19-7-9-35(17-19)26(36)31-20-5-4-18(2)22(14-20)23-15-24(30-21-6-8-27(28,29)16-21)33-25(32-23)34-10-12-37-13-11-34/h4-5,14-15,19,21H,3,6-13,16-17H2,1-2H3,(H,31,36)(H,30,32,33)/t19-,21+/m1/s1. The number of anilines is 3. The van der Waals surface area contributed by atoms with Gasteiger partial charge in [0.15, 0.2) is 0 Å². The van der Waals surface area contributed by atoms with Gasteiger partial charge in [-0.25, -0.2) is 18.6 Å². The van der Waals surface area contributed by atoms with E-state index in [-0.39, 0.29) is 24.9 Å². The highest BCUT2D eigenvalue weighted by atomic mass is 19.3. The summed E-state index contributed by atoms with van der Waals surface area (Å²) in [5, 5.41) is 6.28. The number of amides is 2. The van der Waals surface area contributed by atoms with Crippen molar-refractivity contribution in [1.29, 1.82) is 0 Å². The lowest BCUT2D eigenvalue weighted by Gasteiger charge is -2.28. The Labute approximate surface area is 216 Å². The molecule has 37 heavy (non-hydrogen) atoms. The van der Waals surface area contributed by atoms with Gasteiger partial charge in [-0.05, 0) is 43.4 Å². The largest absolute Gasteiger partial charge is 0.378 e. The first-order chi connectivity index (χ1) is 17.8. The number of carbonyl (C=O) groups excluding carboxylic acids is 1. The zero-order valence-corrected chi connectivity index (χ0v) is 21.6. The highest BCUT2D eigenvalue weighted by Gasteiger charge is 2.39. The molecule has 10 heteroatoms. The molecular weight excluding hydrogens is 478 g/mol. The summed E-state index contributed by atoms with van der Waals surface area (Å²) in [6, 6.07) is 7.18. The fourth-order valence-corrected chi connectivity index (χ4v) is 5.36. The van der Waals surface area contributed by atoms with Crippen LogP contribution in [-0.2, 0) is 4.74 Å². The zero-order chi connectivity index (χ0) is 26.0. The van der Waals surface area contributed by atoms with Crippen LogP contribution < -0.4 is 15.5 Å². The first-order valence-electron chi connectivity index (χ1n) is 13.3. The maximum atomic E-state index is 13.8. The predicted molar refractivity (Wildman–Crippen MR) is 140 cm³/mol. The first kappa shape index (κ1) is 25.6. The Morgan fingerprint density at radius 3 is 2.68 bits per heavy atom. The third kappa shape index (κ3) is 6.11. The lowest BCUT2D eigenvalue weighted by atomic mass is 10.0. The smallest absolute Gasteiger partial charge is 0.321 e. The van der Waals surface area contributed by atoms with Gasteiger partial charge >= 0.3 is 6.03 Å². The Bertz CT molecular complexity index is 1120. The van der Waals surface area contributed by atoms with E-state index in [1.807, 2.05) is 36.1 Å². The minimum atomic E-state index is -2.64. The Morgan fingerprint density at radius 2 is 1.97 bits per heavy atom. The van der Waals surface area contributed by atoms with E-state index >= 15 is 0 Å². The molecular formula is C27H36F2N6O2. The minimum Gasteiger partial charge on any atom is -0.378 e. The van der Waals surface area contributed by atoms with Crippen LogP contribution in [-0.4, -0.2) is 72.3 Å². The molecule has 200 valence electrons. The molecule has 2 aromatic rings. The summed E-state index contributed by atoms with van der Waals surface area (Å²) < 4.78 is 33.2. The maximum absolute atomic E-state index is 13.8. The first-order valence-corrected chi connectivity index (χ1v) is 13.3. The van der Waals surface area contributed by atoms with Gasteiger partial charge in [-0.1, -0.05) is 19.4 Å². The topological polar surface area (TPSA) is 82.6 Å². The van der Waals surface area contributed by atoms with Gasteiger partial charge in [0.05, 0.1) is 18.9 Å². The van der Waals surface area contributed by atoms with Crippen molar-refractivity contribution < 1.29 is 18.3 Å². The predicted octanol–water partition coefficient (Wildman–Crippen LogP) is 5.15. The molecule has 8 nitrogen and oxygen atoms in total. The molecule has 3 fully saturated rings. The van der Waals surface area contributed by atoms with E-state index < -0.39 is 5.92 Å². The van der Waals surface area contributed by atoms with Crippen LogP contribution >= 0.6 is 0 Å². The quantitative estimate of drug-likeness (QED) is 0.555. The average Bonchev–Trinajstić information content (AvgIpc) is 3.51. The molecule has 1 aliphatic carbocycles. The number of likely N-dealkylation sites (tertiary alicyclic amines) is 1. The number of aromatic nitrogens is 2. The number of nitrogens with one attached hydrogen (secondary N) is 2. The van der Waals surface area contributed by atoms with Crippen molar-refractivity contribution in [3.8, 4) is 11.3 Å². The lowest BCUT2D eigenvalue weighted by Crippen LogP contribution is -2.37. The number of benzene rings is 1. The number of carbonyl (C=O) groups is 1. The van der Waals surface area contributed by atoms with E-state index in [4.69, 9.17) is 9.72 Å². The molecule has 2 aliphatic heterocycles. The van der Waals surface area contributed by atoms with Gasteiger partial charge in [0.1, 0.15) is 5.82 Å². The molecule has 0 radical (unpaired) electrons. The summed E-state index contributed by atoms with van der Waals surface area (Å²) in [5.74, 6) is -1.00. The van der Waals surface area contributed by atoms with E-state index in [1.54, 1.807) is 0 Å². The van der Waals surface area contributed by atoms with Crippen LogP contribution in [0, 0.1) is 12.8 Å². The summed E-state index contributed by atoms with van der Waals surface area (Å²) in [7, 11) is 0. The molecule has 1 aromatic carbocycles. The summed E-state index contributed by atoms with van der Waals surface area (Å²) in [5.41, 5.74) is 3.24. The monoisotopic (exact) mass is 514 g/mol. The number of urea groups is 1. The van der Waals surface area contributed by atoms with Crippen molar-refractivity contribution in [2.45, 2.75) is 57.9 Å². The number of morpholine rings is 1. The van der Waals surface area contributed by atoms with E-state index in [9.17, 15) is 13.6 Å². The van der Waals surface area contributed by atoms with Crippen LogP contribution in [0.5, 0.6) is 0 Å². The van der Waals surface area contributed by atoms with Crippen LogP contribution in [0.1, 0.15) is 44.6 Å². The normalized spacial score (nSPS) is 23.4. The Morgan fingerprint density at radius 1 is 1.16 bits per heavy atom. The number of nitrogens with zero attached hydrogens (tertiary/aromatic N) is 4. The van der Waals surface area contributed by atoms with Crippen molar-refractivity contribution in [2.75, 3.05) is 54.9 Å². The maximum Gasteiger partial charge on any atom is 0.321 e. The van der Waals surface area contributed by atoms with Crippen molar-refractivity contribution in [2.24, 2.45) is 5.92 Å². The van der Waals surface area contributed by atoms with Crippen molar-refractivity contribution >= 4 is 23.5 Å².